The molecule has 0 heterocycles. The van der Waals surface area contributed by atoms with Gasteiger partial charge in [-0.3, -0.25) is 4.79 Å². The van der Waals surface area contributed by atoms with Crippen molar-refractivity contribution in [3.8, 4) is 5.75 Å². The molecule has 0 aliphatic rings. The Morgan fingerprint density at radius 2 is 1.88 bits per heavy atom. The van der Waals surface area contributed by atoms with E-state index in [-0.39, 0.29) is 5.91 Å². The van der Waals surface area contributed by atoms with E-state index in [1.165, 1.54) is 0 Å². The maximum absolute atomic E-state index is 12.4. The van der Waals surface area contributed by atoms with Crippen LogP contribution in [-0.2, 0) is 0 Å². The highest BCUT2D eigenvalue weighted by molar-refractivity contribution is 9.10. The minimum Gasteiger partial charge on any atom is -0.496 e. The first-order valence-electron chi connectivity index (χ1n) is 8.41. The SMILES string of the molecule is CCCCC/C(=N\NC(=O)c1ccc(OC)c(Br)c1)c1ccccc1. The number of unbranched alkanes of at least 4 members (excludes halogenated alkanes) is 2. The summed E-state index contributed by atoms with van der Waals surface area (Å²) in [6.45, 7) is 2.17. The van der Waals surface area contributed by atoms with Gasteiger partial charge in [0, 0.05) is 5.56 Å². The van der Waals surface area contributed by atoms with Crippen LogP contribution in [0.25, 0.3) is 0 Å². The van der Waals surface area contributed by atoms with Gasteiger partial charge in [0.1, 0.15) is 5.75 Å². The average molecular weight is 403 g/mol. The van der Waals surface area contributed by atoms with Crippen molar-refractivity contribution in [2.24, 2.45) is 5.10 Å². The van der Waals surface area contributed by atoms with Gasteiger partial charge in [0.15, 0.2) is 0 Å². The molecule has 0 aromatic heterocycles. The molecule has 0 atom stereocenters. The number of rotatable bonds is 8. The Kier molecular flexibility index (Phi) is 7.67. The summed E-state index contributed by atoms with van der Waals surface area (Å²) in [7, 11) is 1.59. The van der Waals surface area contributed by atoms with Crippen LogP contribution in [0.1, 0.15) is 48.5 Å². The quantitative estimate of drug-likeness (QED) is 0.376. The largest absolute Gasteiger partial charge is 0.496 e. The number of methoxy groups -OCH3 is 1. The van der Waals surface area contributed by atoms with Gasteiger partial charge in [-0.2, -0.15) is 5.10 Å². The van der Waals surface area contributed by atoms with E-state index in [2.05, 4.69) is 33.4 Å². The van der Waals surface area contributed by atoms with Crippen LogP contribution in [0, 0.1) is 0 Å². The van der Waals surface area contributed by atoms with E-state index in [9.17, 15) is 4.79 Å². The van der Waals surface area contributed by atoms with Crippen molar-refractivity contribution in [2.45, 2.75) is 32.6 Å². The molecule has 2 aromatic carbocycles. The molecule has 0 aliphatic heterocycles. The van der Waals surface area contributed by atoms with Gasteiger partial charge in [-0.05, 0) is 52.5 Å². The Balaban J connectivity index is 2.13. The van der Waals surface area contributed by atoms with Crippen molar-refractivity contribution in [3.63, 3.8) is 0 Å². The fraction of sp³-hybridized carbons (Fsp3) is 0.300. The number of hydrazone groups is 1. The molecule has 4 nitrogen and oxygen atoms in total. The highest BCUT2D eigenvalue weighted by Crippen LogP contribution is 2.25. The summed E-state index contributed by atoms with van der Waals surface area (Å²) >= 11 is 3.39. The molecule has 25 heavy (non-hydrogen) atoms. The molecule has 1 amide bonds. The number of carbonyl (C=O) groups excluding carboxylic acids is 1. The number of hydrogen-bond donors (Lipinski definition) is 1. The lowest BCUT2D eigenvalue weighted by Crippen LogP contribution is -2.20. The molecule has 1 N–H and O–H groups in total. The maximum Gasteiger partial charge on any atom is 0.271 e. The fourth-order valence-electron chi connectivity index (χ4n) is 2.43. The highest BCUT2D eigenvalue weighted by Gasteiger charge is 2.09. The fourth-order valence-corrected chi connectivity index (χ4v) is 2.97. The zero-order valence-electron chi connectivity index (χ0n) is 14.6. The van der Waals surface area contributed by atoms with Crippen molar-refractivity contribution < 1.29 is 9.53 Å². The molecular weight excluding hydrogens is 380 g/mol. The van der Waals surface area contributed by atoms with Crippen LogP contribution in [0.3, 0.4) is 0 Å². The summed E-state index contributed by atoms with van der Waals surface area (Å²) in [5, 5.41) is 4.38. The number of amides is 1. The smallest absolute Gasteiger partial charge is 0.271 e. The van der Waals surface area contributed by atoms with Crippen molar-refractivity contribution in [2.75, 3.05) is 7.11 Å². The van der Waals surface area contributed by atoms with Gasteiger partial charge in [-0.1, -0.05) is 50.1 Å². The molecule has 0 bridgehead atoms. The van der Waals surface area contributed by atoms with Gasteiger partial charge < -0.3 is 4.74 Å². The number of nitrogens with one attached hydrogen (secondary N) is 1. The topological polar surface area (TPSA) is 50.7 Å². The molecule has 0 spiro atoms. The molecule has 5 heteroatoms. The molecule has 0 saturated carbocycles. The van der Waals surface area contributed by atoms with Gasteiger partial charge in [-0.25, -0.2) is 5.43 Å². The van der Waals surface area contributed by atoms with Crippen LogP contribution < -0.4 is 10.2 Å². The van der Waals surface area contributed by atoms with E-state index < -0.39 is 0 Å². The number of benzene rings is 2. The lowest BCUT2D eigenvalue weighted by molar-refractivity contribution is 0.0954. The monoisotopic (exact) mass is 402 g/mol. The van der Waals surface area contributed by atoms with E-state index >= 15 is 0 Å². The van der Waals surface area contributed by atoms with Crippen molar-refractivity contribution in [3.05, 3.63) is 64.1 Å². The molecule has 0 saturated heterocycles. The first-order valence-corrected chi connectivity index (χ1v) is 9.21. The highest BCUT2D eigenvalue weighted by atomic mass is 79.9. The van der Waals surface area contributed by atoms with Crippen molar-refractivity contribution in [1.82, 2.24) is 5.43 Å². The van der Waals surface area contributed by atoms with Gasteiger partial charge in [-0.15, -0.1) is 0 Å². The van der Waals surface area contributed by atoms with Crippen LogP contribution in [0.15, 0.2) is 58.1 Å². The zero-order valence-corrected chi connectivity index (χ0v) is 16.2. The summed E-state index contributed by atoms with van der Waals surface area (Å²) in [6.07, 6.45) is 4.18. The molecule has 0 aliphatic carbocycles. The van der Waals surface area contributed by atoms with Crippen molar-refractivity contribution >= 4 is 27.5 Å². The number of nitrogens with zero attached hydrogens (tertiary/aromatic N) is 1. The third-order valence-electron chi connectivity index (χ3n) is 3.83. The Hall–Kier alpha value is -2.14. The Bertz CT molecular complexity index is 730. The molecule has 0 radical (unpaired) electrons. The minimum atomic E-state index is -0.243. The average Bonchev–Trinajstić information content (AvgIpc) is 2.65. The molecule has 2 rings (SSSR count). The Morgan fingerprint density at radius 1 is 1.12 bits per heavy atom. The number of hydrogen-bond acceptors (Lipinski definition) is 3. The van der Waals surface area contributed by atoms with Crippen LogP contribution in [0.4, 0.5) is 0 Å². The summed E-state index contributed by atoms with van der Waals surface area (Å²) in [5.74, 6) is 0.442. The number of ether oxygens (including phenoxy) is 1. The number of carbonyl (C=O) groups is 1. The van der Waals surface area contributed by atoms with Crippen LogP contribution in [0.2, 0.25) is 0 Å². The summed E-state index contributed by atoms with van der Waals surface area (Å²) in [4.78, 5) is 12.4. The zero-order chi connectivity index (χ0) is 18.1. The minimum absolute atomic E-state index is 0.243. The Morgan fingerprint density at radius 3 is 2.52 bits per heavy atom. The summed E-state index contributed by atoms with van der Waals surface area (Å²) in [5.41, 5.74) is 5.14. The molecule has 0 unspecified atom stereocenters. The Labute approximate surface area is 157 Å². The molecule has 132 valence electrons. The van der Waals surface area contributed by atoms with E-state index in [1.54, 1.807) is 25.3 Å². The summed E-state index contributed by atoms with van der Waals surface area (Å²) < 4.78 is 5.92. The van der Waals surface area contributed by atoms with Crippen LogP contribution in [-0.4, -0.2) is 18.7 Å². The van der Waals surface area contributed by atoms with Crippen LogP contribution >= 0.6 is 15.9 Å². The lowest BCUT2D eigenvalue weighted by Gasteiger charge is -2.08. The van der Waals surface area contributed by atoms with Gasteiger partial charge in [0.25, 0.3) is 5.91 Å². The number of halogens is 1. The summed E-state index contributed by atoms with van der Waals surface area (Å²) in [6, 6.07) is 15.2. The van der Waals surface area contributed by atoms with E-state index in [4.69, 9.17) is 4.74 Å². The normalized spacial score (nSPS) is 11.2. The van der Waals surface area contributed by atoms with Gasteiger partial charge >= 0.3 is 0 Å². The van der Waals surface area contributed by atoms with E-state index in [0.717, 1.165) is 41.4 Å². The third kappa shape index (κ3) is 5.71. The lowest BCUT2D eigenvalue weighted by atomic mass is 10.0. The second-order valence-corrected chi connectivity index (χ2v) is 6.53. The van der Waals surface area contributed by atoms with Crippen LogP contribution in [0.5, 0.6) is 5.75 Å². The van der Waals surface area contributed by atoms with E-state index in [0.29, 0.717) is 11.3 Å². The molecular formula is C20H23BrN2O2. The maximum atomic E-state index is 12.4. The first kappa shape index (κ1) is 19.2. The third-order valence-corrected chi connectivity index (χ3v) is 4.45. The second kappa shape index (κ2) is 9.99. The molecule has 0 fully saturated rings. The van der Waals surface area contributed by atoms with Gasteiger partial charge in [0.2, 0.25) is 0 Å². The first-order chi connectivity index (χ1) is 12.2. The van der Waals surface area contributed by atoms with Gasteiger partial charge in [0.05, 0.1) is 17.3 Å². The van der Waals surface area contributed by atoms with E-state index in [1.807, 2.05) is 30.3 Å². The predicted octanol–water partition coefficient (Wildman–Crippen LogP) is 5.17. The standard InChI is InChI=1S/C20H23BrN2O2/c1-3-4-6-11-18(15-9-7-5-8-10-15)22-23-20(24)16-12-13-19(25-2)17(21)14-16/h5,7-10,12-14H,3-4,6,11H2,1-2H3,(H,23,24)/b22-18+. The molecule has 2 aromatic rings. The van der Waals surface area contributed by atoms with Crippen molar-refractivity contribution in [1.29, 1.82) is 0 Å². The second-order valence-electron chi connectivity index (χ2n) is 5.67. The predicted molar refractivity (Wildman–Crippen MR) is 105 cm³/mol.